The highest BCUT2D eigenvalue weighted by atomic mass is 32.1. The van der Waals surface area contributed by atoms with Crippen LogP contribution in [0.4, 0.5) is 5.69 Å². The van der Waals surface area contributed by atoms with Crippen molar-refractivity contribution in [2.24, 2.45) is 0 Å². The highest BCUT2D eigenvalue weighted by Crippen LogP contribution is 2.24. The number of carbonyl (C=O) groups excluding carboxylic acids is 1. The van der Waals surface area contributed by atoms with Crippen LogP contribution in [0, 0.1) is 0 Å². The highest BCUT2D eigenvalue weighted by Gasteiger charge is 2.11. The first-order valence-electron chi connectivity index (χ1n) is 8.62. The van der Waals surface area contributed by atoms with Crippen molar-refractivity contribution in [1.29, 1.82) is 0 Å². The monoisotopic (exact) mass is 395 g/mol. The molecule has 8 heteroatoms. The second kappa shape index (κ2) is 7.32. The number of H-pyrrole nitrogens is 1. The number of rotatable bonds is 5. The van der Waals surface area contributed by atoms with E-state index < -0.39 is 0 Å². The molecular weight excluding hydrogens is 378 g/mol. The lowest BCUT2D eigenvalue weighted by Crippen LogP contribution is -2.05. The quantitative estimate of drug-likeness (QED) is 0.480. The van der Waals surface area contributed by atoms with E-state index >= 15 is 0 Å². The topological polar surface area (TPSA) is 108 Å². The predicted octanol–water partition coefficient (Wildman–Crippen LogP) is 3.42. The minimum absolute atomic E-state index is 0.0846. The van der Waals surface area contributed by atoms with Crippen LogP contribution in [-0.4, -0.2) is 21.0 Å². The number of thiazole rings is 1. The van der Waals surface area contributed by atoms with Crippen molar-refractivity contribution < 1.29 is 14.3 Å². The standard InChI is InChI=1S/C20H17N3O4S/c1-11(24)21-14-5-2-12(3-6-14)10-18-22-15-8-13(4-7-16(15)27-18)9-17-19(25)23-20(26)28-17/h2-8,25H,9-10H2,1H3,(H,21,24)(H,23,26). The molecule has 0 saturated heterocycles. The Morgan fingerprint density at radius 2 is 1.93 bits per heavy atom. The first-order chi connectivity index (χ1) is 13.5. The van der Waals surface area contributed by atoms with Gasteiger partial charge in [0.1, 0.15) is 5.52 Å². The molecule has 0 atom stereocenters. The van der Waals surface area contributed by atoms with Gasteiger partial charge in [-0.2, -0.15) is 0 Å². The van der Waals surface area contributed by atoms with Crippen LogP contribution in [0.25, 0.3) is 11.1 Å². The number of hydrogen-bond acceptors (Lipinski definition) is 6. The zero-order valence-electron chi connectivity index (χ0n) is 15.0. The van der Waals surface area contributed by atoms with E-state index in [1.54, 1.807) is 0 Å². The Hall–Kier alpha value is -3.39. The Morgan fingerprint density at radius 1 is 1.18 bits per heavy atom. The van der Waals surface area contributed by atoms with E-state index in [9.17, 15) is 14.7 Å². The maximum Gasteiger partial charge on any atom is 0.307 e. The third-order valence-electron chi connectivity index (χ3n) is 4.19. The Bertz CT molecular complexity index is 1200. The minimum atomic E-state index is -0.276. The van der Waals surface area contributed by atoms with Gasteiger partial charge in [0.15, 0.2) is 11.5 Å². The Kier molecular flexibility index (Phi) is 4.70. The van der Waals surface area contributed by atoms with Crippen LogP contribution in [0.3, 0.4) is 0 Å². The third-order valence-corrected chi connectivity index (χ3v) is 5.06. The smallest absolute Gasteiger partial charge is 0.307 e. The number of hydrogen-bond donors (Lipinski definition) is 3. The summed E-state index contributed by atoms with van der Waals surface area (Å²) in [5, 5.41) is 12.5. The lowest BCUT2D eigenvalue weighted by molar-refractivity contribution is -0.114. The summed E-state index contributed by atoms with van der Waals surface area (Å²) < 4.78 is 5.82. The van der Waals surface area contributed by atoms with Crippen LogP contribution in [0.1, 0.15) is 28.8 Å². The second-order valence-electron chi connectivity index (χ2n) is 6.43. The molecule has 0 bridgehead atoms. The number of aromatic nitrogens is 2. The number of oxazole rings is 1. The zero-order chi connectivity index (χ0) is 19.7. The molecule has 0 aliphatic heterocycles. The number of amides is 1. The Morgan fingerprint density at radius 3 is 2.61 bits per heavy atom. The number of aromatic hydroxyl groups is 1. The van der Waals surface area contributed by atoms with Crippen LogP contribution >= 0.6 is 11.3 Å². The van der Waals surface area contributed by atoms with E-state index in [4.69, 9.17) is 4.42 Å². The van der Waals surface area contributed by atoms with Gasteiger partial charge in [0.05, 0.1) is 4.88 Å². The second-order valence-corrected chi connectivity index (χ2v) is 7.50. The fourth-order valence-corrected chi connectivity index (χ4v) is 3.71. The molecule has 2 heterocycles. The van der Waals surface area contributed by atoms with Gasteiger partial charge in [0, 0.05) is 25.5 Å². The van der Waals surface area contributed by atoms with E-state index in [0.717, 1.165) is 33.7 Å². The average molecular weight is 395 g/mol. The fraction of sp³-hybridized carbons (Fsp3) is 0.150. The molecule has 0 fully saturated rings. The van der Waals surface area contributed by atoms with Crippen molar-refractivity contribution in [3.8, 4) is 5.88 Å². The van der Waals surface area contributed by atoms with Crippen molar-refractivity contribution in [3.05, 3.63) is 74.0 Å². The lowest BCUT2D eigenvalue weighted by atomic mass is 10.1. The molecule has 2 aromatic carbocycles. The van der Waals surface area contributed by atoms with Gasteiger partial charge >= 0.3 is 4.87 Å². The van der Waals surface area contributed by atoms with E-state index in [0.29, 0.717) is 29.2 Å². The first kappa shape index (κ1) is 18.0. The van der Waals surface area contributed by atoms with E-state index in [2.05, 4.69) is 15.3 Å². The molecule has 1 amide bonds. The normalized spacial score (nSPS) is 11.0. The average Bonchev–Trinajstić information content (AvgIpc) is 3.17. The van der Waals surface area contributed by atoms with Crippen molar-refractivity contribution in [2.45, 2.75) is 19.8 Å². The number of aromatic amines is 1. The molecule has 0 aliphatic carbocycles. The summed E-state index contributed by atoms with van der Waals surface area (Å²) in [5.74, 6) is 0.398. The van der Waals surface area contributed by atoms with Crippen LogP contribution in [0.5, 0.6) is 5.88 Å². The zero-order valence-corrected chi connectivity index (χ0v) is 15.8. The summed E-state index contributed by atoms with van der Waals surface area (Å²) in [4.78, 5) is 29.6. The predicted molar refractivity (Wildman–Crippen MR) is 107 cm³/mol. The molecule has 4 aromatic rings. The molecule has 28 heavy (non-hydrogen) atoms. The molecule has 0 unspecified atom stereocenters. The molecule has 0 saturated carbocycles. The molecule has 0 aliphatic rings. The maximum atomic E-state index is 11.3. The summed E-state index contributed by atoms with van der Waals surface area (Å²) >= 11 is 0.995. The number of carbonyl (C=O) groups is 1. The number of nitrogens with zero attached hydrogens (tertiary/aromatic N) is 1. The van der Waals surface area contributed by atoms with Gasteiger partial charge in [-0.25, -0.2) is 4.98 Å². The first-order valence-corrected chi connectivity index (χ1v) is 9.44. The van der Waals surface area contributed by atoms with Crippen molar-refractivity contribution in [3.63, 3.8) is 0 Å². The lowest BCUT2D eigenvalue weighted by Gasteiger charge is -2.02. The van der Waals surface area contributed by atoms with Gasteiger partial charge in [0.2, 0.25) is 11.8 Å². The van der Waals surface area contributed by atoms with Crippen LogP contribution in [0.2, 0.25) is 0 Å². The van der Waals surface area contributed by atoms with E-state index in [1.807, 2.05) is 42.5 Å². The molecule has 4 rings (SSSR count). The molecule has 2 aromatic heterocycles. The fourth-order valence-electron chi connectivity index (χ4n) is 2.95. The SMILES string of the molecule is CC(=O)Nc1ccc(Cc2nc3cc(Cc4sc(=O)[nH]c4O)ccc3o2)cc1. The van der Waals surface area contributed by atoms with Crippen molar-refractivity contribution >= 4 is 34.0 Å². The third kappa shape index (κ3) is 3.96. The number of benzene rings is 2. The Labute approximate surface area is 163 Å². The van der Waals surface area contributed by atoms with Crippen LogP contribution in [0.15, 0.2) is 51.7 Å². The van der Waals surface area contributed by atoms with Crippen LogP contribution < -0.4 is 10.2 Å². The van der Waals surface area contributed by atoms with Gasteiger partial charge in [0.25, 0.3) is 0 Å². The highest BCUT2D eigenvalue weighted by molar-refractivity contribution is 7.09. The largest absolute Gasteiger partial charge is 0.494 e. The van der Waals surface area contributed by atoms with Gasteiger partial charge in [-0.1, -0.05) is 29.5 Å². The number of nitrogens with one attached hydrogen (secondary N) is 2. The summed E-state index contributed by atoms with van der Waals surface area (Å²) in [6.07, 6.45) is 0.975. The molecular formula is C20H17N3O4S. The summed E-state index contributed by atoms with van der Waals surface area (Å²) in [6, 6.07) is 13.1. The molecule has 142 valence electrons. The van der Waals surface area contributed by atoms with E-state index in [-0.39, 0.29) is 16.7 Å². The van der Waals surface area contributed by atoms with Gasteiger partial charge < -0.3 is 14.8 Å². The van der Waals surface area contributed by atoms with Gasteiger partial charge in [-0.05, 0) is 35.4 Å². The maximum absolute atomic E-state index is 11.3. The van der Waals surface area contributed by atoms with Crippen molar-refractivity contribution in [2.75, 3.05) is 5.32 Å². The summed E-state index contributed by atoms with van der Waals surface area (Å²) in [7, 11) is 0. The van der Waals surface area contributed by atoms with Gasteiger partial charge in [-0.3, -0.25) is 14.6 Å². The minimum Gasteiger partial charge on any atom is -0.494 e. The number of anilines is 1. The summed E-state index contributed by atoms with van der Waals surface area (Å²) in [5.41, 5.74) is 4.10. The molecule has 0 radical (unpaired) electrons. The van der Waals surface area contributed by atoms with Crippen LogP contribution in [-0.2, 0) is 17.6 Å². The molecule has 3 N–H and O–H groups in total. The van der Waals surface area contributed by atoms with Gasteiger partial charge in [-0.15, -0.1) is 0 Å². The molecule has 0 spiro atoms. The Balaban J connectivity index is 1.52. The van der Waals surface area contributed by atoms with Crippen molar-refractivity contribution in [1.82, 2.24) is 9.97 Å². The molecule has 7 nitrogen and oxygen atoms in total. The summed E-state index contributed by atoms with van der Waals surface area (Å²) in [6.45, 7) is 1.47. The number of fused-ring (bicyclic) bond motifs is 1. The van der Waals surface area contributed by atoms with E-state index in [1.165, 1.54) is 6.92 Å².